The number of carbonyl (C=O) groups is 1. The van der Waals surface area contributed by atoms with Gasteiger partial charge in [0.05, 0.1) is 31.0 Å². The van der Waals surface area contributed by atoms with Crippen LogP contribution >= 0.6 is 15.9 Å². The molecular weight excluding hydrogens is 476 g/mol. The SMILES string of the molecule is COc1cncc2c1[C@]1(O)[C@H](O)[C@H](C(=O)N3CCCCC3)[C@@H](C)[C@]1(c1ccc(Br)cc1)O2. The Morgan fingerprint density at radius 1 is 1.22 bits per heavy atom. The molecule has 32 heavy (non-hydrogen) atoms. The van der Waals surface area contributed by atoms with E-state index < -0.39 is 29.1 Å². The molecule has 1 aromatic heterocycles. The minimum absolute atomic E-state index is 0.137. The van der Waals surface area contributed by atoms with Crippen LogP contribution in [0, 0.1) is 11.8 Å². The first-order chi connectivity index (χ1) is 15.4. The fraction of sp³-hybridized carbons (Fsp3) is 0.500. The lowest BCUT2D eigenvalue weighted by atomic mass is 9.73. The van der Waals surface area contributed by atoms with E-state index in [2.05, 4.69) is 20.9 Å². The third kappa shape index (κ3) is 2.72. The number of halogens is 1. The molecule has 170 valence electrons. The summed E-state index contributed by atoms with van der Waals surface area (Å²) in [6.45, 7) is 3.22. The Labute approximate surface area is 195 Å². The number of likely N-dealkylation sites (tertiary alicyclic amines) is 1. The Bertz CT molecular complexity index is 1040. The van der Waals surface area contributed by atoms with Crippen LogP contribution in [0.2, 0.25) is 0 Å². The molecule has 8 heteroatoms. The number of pyridine rings is 1. The van der Waals surface area contributed by atoms with Gasteiger partial charge in [0.15, 0.2) is 11.2 Å². The second kappa shape index (κ2) is 7.71. The number of hydrogen-bond acceptors (Lipinski definition) is 6. The van der Waals surface area contributed by atoms with Crippen molar-refractivity contribution in [1.82, 2.24) is 9.88 Å². The van der Waals surface area contributed by atoms with Gasteiger partial charge in [-0.1, -0.05) is 35.0 Å². The van der Waals surface area contributed by atoms with E-state index in [9.17, 15) is 15.0 Å². The highest BCUT2D eigenvalue weighted by Crippen LogP contribution is 2.67. The van der Waals surface area contributed by atoms with Crippen LogP contribution in [0.15, 0.2) is 41.1 Å². The molecule has 2 N–H and O–H groups in total. The normalized spacial score (nSPS) is 33.4. The quantitative estimate of drug-likeness (QED) is 0.670. The molecule has 2 aliphatic heterocycles. The lowest BCUT2D eigenvalue weighted by Crippen LogP contribution is -2.52. The zero-order chi connectivity index (χ0) is 22.7. The molecule has 0 radical (unpaired) electrons. The maximum absolute atomic E-state index is 13.6. The van der Waals surface area contributed by atoms with Crippen molar-refractivity contribution in [2.24, 2.45) is 11.8 Å². The number of ether oxygens (including phenoxy) is 2. The van der Waals surface area contributed by atoms with E-state index in [1.165, 1.54) is 19.5 Å². The van der Waals surface area contributed by atoms with Crippen LogP contribution in [-0.4, -0.2) is 52.3 Å². The van der Waals surface area contributed by atoms with Crippen molar-refractivity contribution in [3.8, 4) is 11.5 Å². The molecular formula is C24H27BrN2O5. The van der Waals surface area contributed by atoms with Crippen LogP contribution in [0.5, 0.6) is 11.5 Å². The Morgan fingerprint density at radius 3 is 2.56 bits per heavy atom. The highest BCUT2D eigenvalue weighted by Gasteiger charge is 2.76. The predicted molar refractivity (Wildman–Crippen MR) is 120 cm³/mol. The molecule has 5 rings (SSSR count). The molecule has 0 unspecified atom stereocenters. The van der Waals surface area contributed by atoms with Gasteiger partial charge in [0.1, 0.15) is 17.6 Å². The third-order valence-electron chi connectivity index (χ3n) is 7.49. The zero-order valence-electron chi connectivity index (χ0n) is 18.1. The van der Waals surface area contributed by atoms with Gasteiger partial charge in [0.2, 0.25) is 5.91 Å². The van der Waals surface area contributed by atoms with Crippen molar-refractivity contribution in [2.75, 3.05) is 20.2 Å². The predicted octanol–water partition coefficient (Wildman–Crippen LogP) is 2.97. The number of carbonyl (C=O) groups excluding carboxylic acids is 1. The Morgan fingerprint density at radius 2 is 1.91 bits per heavy atom. The van der Waals surface area contributed by atoms with Crippen LogP contribution < -0.4 is 9.47 Å². The summed E-state index contributed by atoms with van der Waals surface area (Å²) < 4.78 is 12.9. The summed E-state index contributed by atoms with van der Waals surface area (Å²) in [5.41, 5.74) is -2.24. The van der Waals surface area contributed by atoms with Crippen LogP contribution in [0.1, 0.15) is 37.3 Å². The number of aliphatic hydroxyl groups is 2. The van der Waals surface area contributed by atoms with E-state index in [1.807, 2.05) is 36.1 Å². The molecule has 2 fully saturated rings. The summed E-state index contributed by atoms with van der Waals surface area (Å²) in [5, 5.41) is 24.0. The van der Waals surface area contributed by atoms with Crippen LogP contribution in [0.4, 0.5) is 0 Å². The van der Waals surface area contributed by atoms with Gasteiger partial charge in [0.25, 0.3) is 0 Å². The van der Waals surface area contributed by atoms with E-state index in [1.54, 1.807) is 0 Å². The average molecular weight is 503 g/mol. The van der Waals surface area contributed by atoms with Crippen LogP contribution in [0.3, 0.4) is 0 Å². The van der Waals surface area contributed by atoms with E-state index in [0.29, 0.717) is 35.7 Å². The van der Waals surface area contributed by atoms with Crippen LogP contribution in [-0.2, 0) is 16.0 Å². The maximum Gasteiger partial charge on any atom is 0.228 e. The second-order valence-corrected chi connectivity index (χ2v) is 9.89. The van der Waals surface area contributed by atoms with Gasteiger partial charge in [-0.25, -0.2) is 0 Å². The van der Waals surface area contributed by atoms with Gasteiger partial charge in [-0.3, -0.25) is 9.78 Å². The number of hydrogen-bond donors (Lipinski definition) is 2. The largest absolute Gasteiger partial charge is 0.495 e. The molecule has 0 bridgehead atoms. The van der Waals surface area contributed by atoms with Crippen molar-refractivity contribution in [3.63, 3.8) is 0 Å². The number of rotatable bonds is 3. The van der Waals surface area contributed by atoms with Crippen molar-refractivity contribution < 1.29 is 24.5 Å². The van der Waals surface area contributed by atoms with E-state index >= 15 is 0 Å². The first kappa shape index (κ1) is 21.7. The van der Waals surface area contributed by atoms with E-state index in [-0.39, 0.29) is 5.91 Å². The summed E-state index contributed by atoms with van der Waals surface area (Å²) in [7, 11) is 1.49. The molecule has 5 atom stereocenters. The number of amides is 1. The van der Waals surface area contributed by atoms with Crippen molar-refractivity contribution >= 4 is 21.8 Å². The maximum atomic E-state index is 13.6. The number of benzene rings is 1. The minimum atomic E-state index is -1.89. The van der Waals surface area contributed by atoms with E-state index in [4.69, 9.17) is 9.47 Å². The highest BCUT2D eigenvalue weighted by atomic mass is 79.9. The number of aromatic nitrogens is 1. The number of fused-ring (bicyclic) bond motifs is 3. The molecule has 1 saturated carbocycles. The summed E-state index contributed by atoms with van der Waals surface area (Å²) in [5.74, 6) is -0.809. The Kier molecular flexibility index (Phi) is 5.22. The molecule has 1 saturated heterocycles. The summed E-state index contributed by atoms with van der Waals surface area (Å²) >= 11 is 3.46. The monoisotopic (exact) mass is 502 g/mol. The molecule has 7 nitrogen and oxygen atoms in total. The van der Waals surface area contributed by atoms with Gasteiger partial charge in [0, 0.05) is 23.5 Å². The first-order valence-electron chi connectivity index (χ1n) is 11.0. The minimum Gasteiger partial charge on any atom is -0.495 e. The lowest BCUT2D eigenvalue weighted by Gasteiger charge is -2.39. The Balaban J connectivity index is 1.70. The molecule has 1 aromatic carbocycles. The molecule has 1 amide bonds. The third-order valence-corrected chi connectivity index (χ3v) is 8.02. The van der Waals surface area contributed by atoms with Crippen molar-refractivity contribution in [3.05, 3.63) is 52.3 Å². The fourth-order valence-electron chi connectivity index (χ4n) is 5.98. The molecule has 3 aliphatic rings. The topological polar surface area (TPSA) is 92.1 Å². The van der Waals surface area contributed by atoms with Gasteiger partial charge in [-0.15, -0.1) is 0 Å². The van der Waals surface area contributed by atoms with Gasteiger partial charge in [-0.05, 0) is 37.0 Å². The lowest BCUT2D eigenvalue weighted by molar-refractivity contribution is -0.159. The molecule has 3 heterocycles. The zero-order valence-corrected chi connectivity index (χ0v) is 19.7. The first-order valence-corrected chi connectivity index (χ1v) is 11.8. The number of aliphatic hydroxyl groups excluding tert-OH is 1. The smallest absolute Gasteiger partial charge is 0.228 e. The van der Waals surface area contributed by atoms with Gasteiger partial charge >= 0.3 is 0 Å². The van der Waals surface area contributed by atoms with E-state index in [0.717, 1.165) is 23.7 Å². The summed E-state index contributed by atoms with van der Waals surface area (Å²) in [6, 6.07) is 7.45. The molecule has 2 aromatic rings. The van der Waals surface area contributed by atoms with Crippen molar-refractivity contribution in [1.29, 1.82) is 0 Å². The fourth-order valence-corrected chi connectivity index (χ4v) is 6.24. The van der Waals surface area contributed by atoms with Gasteiger partial charge in [-0.2, -0.15) is 0 Å². The molecule has 1 aliphatic carbocycles. The second-order valence-electron chi connectivity index (χ2n) is 8.97. The summed E-state index contributed by atoms with van der Waals surface area (Å²) in [6.07, 6.45) is 4.63. The average Bonchev–Trinajstić information content (AvgIpc) is 3.18. The standard InChI is InChI=1S/C24H27BrN2O5/c1-14-19(22(29)27-10-4-3-5-11-27)21(28)23(30)20-17(31-2)12-26-13-18(20)32-24(14,23)15-6-8-16(25)9-7-15/h6-9,12-14,19,21,28,30H,3-5,10-11H2,1-2H3/t14-,19-,21-,23+,24-/m1/s1. The summed E-state index contributed by atoms with van der Waals surface area (Å²) in [4.78, 5) is 19.6. The van der Waals surface area contributed by atoms with Gasteiger partial charge < -0.3 is 24.6 Å². The number of methoxy groups -OCH3 is 1. The Hall–Kier alpha value is -2.16. The highest BCUT2D eigenvalue weighted by molar-refractivity contribution is 9.10. The molecule has 0 spiro atoms. The van der Waals surface area contributed by atoms with Crippen molar-refractivity contribution in [2.45, 2.75) is 43.5 Å². The number of nitrogens with zero attached hydrogens (tertiary/aromatic N) is 2. The van der Waals surface area contributed by atoms with Crippen LogP contribution in [0.25, 0.3) is 0 Å². The number of piperidine rings is 1.